The first-order valence-electron chi connectivity index (χ1n) is 10.7. The highest BCUT2D eigenvalue weighted by molar-refractivity contribution is 7.89. The highest BCUT2D eigenvalue weighted by atomic mass is 32.2. The maximum absolute atomic E-state index is 12.7. The predicted octanol–water partition coefficient (Wildman–Crippen LogP) is 3.64. The molecule has 0 saturated heterocycles. The highest BCUT2D eigenvalue weighted by Crippen LogP contribution is 2.21. The summed E-state index contributed by atoms with van der Waals surface area (Å²) in [5.41, 5.74) is 1.14. The van der Waals surface area contributed by atoms with Gasteiger partial charge in [-0.15, -0.1) is 0 Å². The lowest BCUT2D eigenvalue weighted by Gasteiger charge is -2.18. The normalized spacial score (nSPS) is 14.5. The number of hydrogen-bond donors (Lipinski definition) is 2. The number of amides is 2. The van der Waals surface area contributed by atoms with Crippen LogP contribution in [-0.4, -0.2) is 43.7 Å². The monoisotopic (exact) mass is 443 g/mol. The van der Waals surface area contributed by atoms with Gasteiger partial charge < -0.3 is 10.6 Å². The Bertz CT molecular complexity index is 1030. The van der Waals surface area contributed by atoms with Gasteiger partial charge in [0.2, 0.25) is 10.0 Å². The summed E-state index contributed by atoms with van der Waals surface area (Å²) >= 11 is 0. The van der Waals surface area contributed by atoms with Crippen LogP contribution in [0.2, 0.25) is 0 Å². The Morgan fingerprint density at radius 2 is 1.55 bits per heavy atom. The van der Waals surface area contributed by atoms with Gasteiger partial charge in [0.05, 0.1) is 16.1 Å². The smallest absolute Gasteiger partial charge is 0.255 e. The van der Waals surface area contributed by atoms with Crippen molar-refractivity contribution >= 4 is 27.5 Å². The van der Waals surface area contributed by atoms with E-state index in [2.05, 4.69) is 10.6 Å². The third kappa shape index (κ3) is 5.32. The molecule has 1 aliphatic carbocycles. The van der Waals surface area contributed by atoms with E-state index in [-0.39, 0.29) is 16.8 Å². The van der Waals surface area contributed by atoms with Crippen LogP contribution < -0.4 is 10.6 Å². The molecule has 0 atom stereocenters. The van der Waals surface area contributed by atoms with Crippen LogP contribution in [0.25, 0.3) is 0 Å². The van der Waals surface area contributed by atoms with Gasteiger partial charge in [-0.05, 0) is 49.2 Å². The average molecular weight is 444 g/mol. The molecule has 0 spiro atoms. The van der Waals surface area contributed by atoms with Crippen LogP contribution in [0.3, 0.4) is 0 Å². The summed E-state index contributed by atoms with van der Waals surface area (Å²) < 4.78 is 26.6. The zero-order chi connectivity index (χ0) is 22.4. The number of sulfonamides is 1. The first-order valence-corrected chi connectivity index (χ1v) is 12.1. The third-order valence-corrected chi connectivity index (χ3v) is 7.63. The molecule has 31 heavy (non-hydrogen) atoms. The summed E-state index contributed by atoms with van der Waals surface area (Å²) in [5.74, 6) is -0.614. The summed E-state index contributed by atoms with van der Waals surface area (Å²) in [5, 5.41) is 5.81. The molecule has 7 nitrogen and oxygen atoms in total. The summed E-state index contributed by atoms with van der Waals surface area (Å²) in [6.45, 7) is 4.31. The third-order valence-electron chi connectivity index (χ3n) is 5.57. The fraction of sp³-hybridized carbons (Fsp3) is 0.391. The van der Waals surface area contributed by atoms with Gasteiger partial charge in [0.25, 0.3) is 11.8 Å². The van der Waals surface area contributed by atoms with E-state index in [1.165, 1.54) is 28.6 Å². The largest absolute Gasteiger partial charge is 0.349 e. The molecular weight excluding hydrogens is 414 g/mol. The summed E-state index contributed by atoms with van der Waals surface area (Å²) in [7, 11) is -3.58. The van der Waals surface area contributed by atoms with Gasteiger partial charge in [0.1, 0.15) is 0 Å². The second-order valence-electron chi connectivity index (χ2n) is 7.57. The van der Waals surface area contributed by atoms with Crippen molar-refractivity contribution in [3.05, 3.63) is 59.7 Å². The Morgan fingerprint density at radius 1 is 0.935 bits per heavy atom. The number of hydrogen-bond acceptors (Lipinski definition) is 4. The fourth-order valence-electron chi connectivity index (χ4n) is 3.81. The van der Waals surface area contributed by atoms with E-state index in [4.69, 9.17) is 0 Å². The zero-order valence-corrected chi connectivity index (χ0v) is 18.7. The number of para-hydroxylation sites is 1. The minimum Gasteiger partial charge on any atom is -0.349 e. The molecule has 1 saturated carbocycles. The molecule has 2 amide bonds. The predicted molar refractivity (Wildman–Crippen MR) is 121 cm³/mol. The second-order valence-corrected chi connectivity index (χ2v) is 9.51. The van der Waals surface area contributed by atoms with Crippen molar-refractivity contribution < 1.29 is 18.0 Å². The first kappa shape index (κ1) is 23.0. The van der Waals surface area contributed by atoms with Gasteiger partial charge in [-0.25, -0.2) is 8.42 Å². The number of carbonyl (C=O) groups excluding carboxylic acids is 2. The van der Waals surface area contributed by atoms with E-state index in [1.807, 2.05) is 0 Å². The zero-order valence-electron chi connectivity index (χ0n) is 17.9. The Hall–Kier alpha value is -2.71. The lowest BCUT2D eigenvalue weighted by Crippen LogP contribution is -2.33. The van der Waals surface area contributed by atoms with Crippen LogP contribution in [0.5, 0.6) is 0 Å². The quantitative estimate of drug-likeness (QED) is 0.651. The van der Waals surface area contributed by atoms with Crippen molar-refractivity contribution in [2.24, 2.45) is 0 Å². The van der Waals surface area contributed by atoms with Gasteiger partial charge in [0.15, 0.2) is 0 Å². The minimum atomic E-state index is -3.58. The van der Waals surface area contributed by atoms with Gasteiger partial charge in [-0.1, -0.05) is 38.8 Å². The van der Waals surface area contributed by atoms with Crippen molar-refractivity contribution in [1.82, 2.24) is 9.62 Å². The van der Waals surface area contributed by atoms with E-state index in [0.717, 1.165) is 25.7 Å². The Morgan fingerprint density at radius 3 is 2.16 bits per heavy atom. The maximum Gasteiger partial charge on any atom is 0.255 e. The van der Waals surface area contributed by atoms with Crippen LogP contribution in [0, 0.1) is 0 Å². The second kappa shape index (κ2) is 10.1. The lowest BCUT2D eigenvalue weighted by atomic mass is 10.1. The molecule has 166 valence electrons. The summed E-state index contributed by atoms with van der Waals surface area (Å²) in [6, 6.07) is 12.9. The minimum absolute atomic E-state index is 0.143. The van der Waals surface area contributed by atoms with E-state index in [0.29, 0.717) is 29.9 Å². The molecule has 0 aliphatic heterocycles. The number of nitrogens with one attached hydrogen (secondary N) is 2. The van der Waals surface area contributed by atoms with Crippen molar-refractivity contribution in [2.45, 2.75) is 50.5 Å². The van der Waals surface area contributed by atoms with Crippen molar-refractivity contribution in [3.63, 3.8) is 0 Å². The van der Waals surface area contributed by atoms with Gasteiger partial charge in [-0.3, -0.25) is 9.59 Å². The Kier molecular flexibility index (Phi) is 7.46. The van der Waals surface area contributed by atoms with Crippen molar-refractivity contribution in [3.8, 4) is 0 Å². The number of rotatable bonds is 8. The van der Waals surface area contributed by atoms with Crippen LogP contribution in [0.15, 0.2) is 53.4 Å². The summed E-state index contributed by atoms with van der Waals surface area (Å²) in [6.07, 6.45) is 4.18. The average Bonchev–Trinajstić information content (AvgIpc) is 3.28. The topological polar surface area (TPSA) is 95.6 Å². The number of nitrogens with zero attached hydrogens (tertiary/aromatic N) is 1. The van der Waals surface area contributed by atoms with Crippen LogP contribution in [0.1, 0.15) is 60.2 Å². The summed E-state index contributed by atoms with van der Waals surface area (Å²) in [4.78, 5) is 25.6. The van der Waals surface area contributed by atoms with Gasteiger partial charge >= 0.3 is 0 Å². The van der Waals surface area contributed by atoms with Crippen molar-refractivity contribution in [1.29, 1.82) is 0 Å². The van der Waals surface area contributed by atoms with Crippen LogP contribution in [-0.2, 0) is 10.0 Å². The Labute approximate surface area is 183 Å². The van der Waals surface area contributed by atoms with E-state index >= 15 is 0 Å². The number of anilines is 1. The lowest BCUT2D eigenvalue weighted by molar-refractivity contribution is 0.0938. The molecule has 0 radical (unpaired) electrons. The number of benzene rings is 2. The molecular formula is C23H29N3O4S. The molecule has 3 rings (SSSR count). The molecule has 2 aromatic carbocycles. The maximum atomic E-state index is 12.7. The molecule has 2 aromatic rings. The molecule has 0 unspecified atom stereocenters. The standard InChI is InChI=1S/C23H29N3O4S/c1-3-26(4-2)31(29,30)19-15-13-17(14-16-19)22(27)25-21-12-8-7-11-20(21)23(28)24-18-9-5-6-10-18/h7-8,11-16,18H,3-6,9-10H2,1-2H3,(H,24,28)(H,25,27). The molecule has 1 aliphatic rings. The van der Waals surface area contributed by atoms with Gasteiger partial charge in [-0.2, -0.15) is 4.31 Å². The SMILES string of the molecule is CCN(CC)S(=O)(=O)c1ccc(C(=O)Nc2ccccc2C(=O)NC2CCCC2)cc1. The number of carbonyl (C=O) groups is 2. The fourth-order valence-corrected chi connectivity index (χ4v) is 5.27. The van der Waals surface area contributed by atoms with E-state index in [9.17, 15) is 18.0 Å². The van der Waals surface area contributed by atoms with E-state index < -0.39 is 15.9 Å². The molecule has 1 fully saturated rings. The van der Waals surface area contributed by atoms with Gasteiger partial charge in [0, 0.05) is 24.7 Å². The molecule has 8 heteroatoms. The van der Waals surface area contributed by atoms with Crippen LogP contribution >= 0.6 is 0 Å². The molecule has 0 heterocycles. The van der Waals surface area contributed by atoms with E-state index in [1.54, 1.807) is 38.1 Å². The Balaban J connectivity index is 1.74. The highest BCUT2D eigenvalue weighted by Gasteiger charge is 2.23. The van der Waals surface area contributed by atoms with Crippen LogP contribution in [0.4, 0.5) is 5.69 Å². The van der Waals surface area contributed by atoms with Crippen molar-refractivity contribution in [2.75, 3.05) is 18.4 Å². The first-order chi connectivity index (χ1) is 14.9. The molecule has 0 aromatic heterocycles. The molecule has 0 bridgehead atoms. The molecule has 2 N–H and O–H groups in total.